The molecule has 0 bridgehead atoms. The van der Waals surface area contributed by atoms with Crippen LogP contribution in [-0.2, 0) is 0 Å². The molecular formula is C16H32F3IN4. The molecule has 0 spiro atoms. The first-order valence-electron chi connectivity index (χ1n) is 8.61. The predicted octanol–water partition coefficient (Wildman–Crippen LogP) is 3.48. The van der Waals surface area contributed by atoms with Gasteiger partial charge in [-0.15, -0.1) is 24.0 Å². The monoisotopic (exact) mass is 464 g/mol. The number of nitrogens with one attached hydrogen (secondary N) is 2. The van der Waals surface area contributed by atoms with Crippen LogP contribution in [0.2, 0.25) is 0 Å². The van der Waals surface area contributed by atoms with Gasteiger partial charge in [-0.1, -0.05) is 13.8 Å². The number of likely N-dealkylation sites (tertiary alicyclic amines) is 1. The van der Waals surface area contributed by atoms with E-state index in [-0.39, 0.29) is 30.5 Å². The third-order valence-corrected chi connectivity index (χ3v) is 3.89. The Kier molecular flexibility index (Phi) is 12.0. The van der Waals surface area contributed by atoms with E-state index in [0.29, 0.717) is 19.0 Å². The molecule has 0 aliphatic carbocycles. The molecule has 1 heterocycles. The molecule has 4 nitrogen and oxygen atoms in total. The van der Waals surface area contributed by atoms with Crippen LogP contribution in [0.15, 0.2) is 4.99 Å². The van der Waals surface area contributed by atoms with Gasteiger partial charge in [0.2, 0.25) is 0 Å². The van der Waals surface area contributed by atoms with Crippen molar-refractivity contribution in [3.63, 3.8) is 0 Å². The van der Waals surface area contributed by atoms with E-state index in [1.54, 1.807) is 0 Å². The number of alkyl halides is 3. The Hall–Kier alpha value is -0.250. The first-order valence-corrected chi connectivity index (χ1v) is 8.61. The highest BCUT2D eigenvalue weighted by molar-refractivity contribution is 14.0. The third-order valence-electron chi connectivity index (χ3n) is 3.89. The van der Waals surface area contributed by atoms with Crippen molar-refractivity contribution < 1.29 is 13.2 Å². The maximum Gasteiger partial charge on any atom is 0.390 e. The summed E-state index contributed by atoms with van der Waals surface area (Å²) in [6.45, 7) is 10.9. The summed E-state index contributed by atoms with van der Waals surface area (Å²) in [4.78, 5) is 6.83. The quantitative estimate of drug-likeness (QED) is 0.262. The van der Waals surface area contributed by atoms with Crippen LogP contribution in [0.1, 0.15) is 40.0 Å². The Morgan fingerprint density at radius 2 is 1.79 bits per heavy atom. The van der Waals surface area contributed by atoms with Gasteiger partial charge in [0.1, 0.15) is 0 Å². The highest BCUT2D eigenvalue weighted by atomic mass is 127. The van der Waals surface area contributed by atoms with Crippen molar-refractivity contribution in [2.45, 2.75) is 46.2 Å². The van der Waals surface area contributed by atoms with Crippen LogP contribution in [-0.4, -0.2) is 56.3 Å². The Morgan fingerprint density at radius 3 is 2.33 bits per heavy atom. The molecule has 1 aliphatic rings. The fourth-order valence-electron chi connectivity index (χ4n) is 3.12. The van der Waals surface area contributed by atoms with Crippen LogP contribution in [0, 0.1) is 11.8 Å². The summed E-state index contributed by atoms with van der Waals surface area (Å²) in [6.07, 6.45) is -2.76. The molecule has 0 aromatic heterocycles. The van der Waals surface area contributed by atoms with Gasteiger partial charge in [0, 0.05) is 32.7 Å². The smallest absolute Gasteiger partial charge is 0.357 e. The van der Waals surface area contributed by atoms with Crippen LogP contribution in [0.5, 0.6) is 0 Å². The van der Waals surface area contributed by atoms with E-state index in [4.69, 9.17) is 0 Å². The molecule has 0 aromatic carbocycles. The van der Waals surface area contributed by atoms with Crippen LogP contribution in [0.4, 0.5) is 13.2 Å². The summed E-state index contributed by atoms with van der Waals surface area (Å²) in [5.74, 6) is 1.95. The minimum absolute atomic E-state index is 0. The minimum atomic E-state index is -4.13. The zero-order chi connectivity index (χ0) is 17.3. The Morgan fingerprint density at radius 1 is 1.17 bits per heavy atom. The molecule has 1 aliphatic heterocycles. The minimum Gasteiger partial charge on any atom is -0.357 e. The van der Waals surface area contributed by atoms with E-state index in [9.17, 15) is 13.2 Å². The highest BCUT2D eigenvalue weighted by Crippen LogP contribution is 2.20. The summed E-state index contributed by atoms with van der Waals surface area (Å²) in [6, 6.07) is 0. The Labute approximate surface area is 161 Å². The molecule has 1 saturated heterocycles. The van der Waals surface area contributed by atoms with Gasteiger partial charge in [-0.3, -0.25) is 4.99 Å². The second-order valence-electron chi connectivity index (χ2n) is 6.61. The van der Waals surface area contributed by atoms with E-state index < -0.39 is 12.6 Å². The van der Waals surface area contributed by atoms with Crippen molar-refractivity contribution in [2.24, 2.45) is 16.8 Å². The standard InChI is InChI=1S/C16H31F3N4.HI/c1-4-20-15(22-8-6-16(17,18)19)21-7-5-9-23-11-13(2)10-14(3)12-23;/h13-14H,4-12H2,1-3H3,(H2,20,21,22);1H. The number of rotatable bonds is 7. The second-order valence-corrected chi connectivity index (χ2v) is 6.61. The molecule has 0 radical (unpaired) electrons. The van der Waals surface area contributed by atoms with Gasteiger partial charge in [-0.25, -0.2) is 0 Å². The predicted molar refractivity (Wildman–Crippen MR) is 104 cm³/mol. The maximum absolute atomic E-state index is 12.2. The van der Waals surface area contributed by atoms with Gasteiger partial charge in [0.05, 0.1) is 6.42 Å². The molecule has 8 heteroatoms. The van der Waals surface area contributed by atoms with Crippen molar-refractivity contribution in [1.82, 2.24) is 15.5 Å². The lowest BCUT2D eigenvalue weighted by Gasteiger charge is -2.34. The average Bonchev–Trinajstić information content (AvgIpc) is 2.41. The van der Waals surface area contributed by atoms with Crippen molar-refractivity contribution in [3.8, 4) is 0 Å². The summed E-state index contributed by atoms with van der Waals surface area (Å²) < 4.78 is 36.5. The zero-order valence-electron chi connectivity index (χ0n) is 15.0. The SMILES string of the molecule is CCNC(=NCCCN1CC(C)CC(C)C1)NCCC(F)(F)F.I. The van der Waals surface area contributed by atoms with Crippen molar-refractivity contribution >= 4 is 29.9 Å². The van der Waals surface area contributed by atoms with Crippen LogP contribution in [0.25, 0.3) is 0 Å². The fraction of sp³-hybridized carbons (Fsp3) is 0.938. The van der Waals surface area contributed by atoms with E-state index in [0.717, 1.165) is 37.9 Å². The van der Waals surface area contributed by atoms with Crippen molar-refractivity contribution in [1.29, 1.82) is 0 Å². The summed E-state index contributed by atoms with van der Waals surface area (Å²) in [5.41, 5.74) is 0. The van der Waals surface area contributed by atoms with Crippen LogP contribution >= 0.6 is 24.0 Å². The summed E-state index contributed by atoms with van der Waals surface area (Å²) in [7, 11) is 0. The lowest BCUT2D eigenvalue weighted by molar-refractivity contribution is -0.132. The van der Waals surface area contributed by atoms with Crippen LogP contribution in [0.3, 0.4) is 0 Å². The van der Waals surface area contributed by atoms with Crippen LogP contribution < -0.4 is 10.6 Å². The topological polar surface area (TPSA) is 39.7 Å². The number of halogens is 4. The molecular weight excluding hydrogens is 432 g/mol. The normalized spacial score (nSPS) is 22.8. The molecule has 2 unspecified atom stereocenters. The fourth-order valence-corrected chi connectivity index (χ4v) is 3.12. The molecule has 0 saturated carbocycles. The number of hydrogen-bond acceptors (Lipinski definition) is 2. The molecule has 1 fully saturated rings. The van der Waals surface area contributed by atoms with Gasteiger partial charge < -0.3 is 15.5 Å². The lowest BCUT2D eigenvalue weighted by atomic mass is 9.92. The van der Waals surface area contributed by atoms with E-state index in [2.05, 4.69) is 34.4 Å². The number of hydrogen-bond donors (Lipinski definition) is 2. The first-order chi connectivity index (χ1) is 10.8. The molecule has 2 atom stereocenters. The number of guanidine groups is 1. The molecule has 0 aromatic rings. The lowest BCUT2D eigenvalue weighted by Crippen LogP contribution is -2.40. The van der Waals surface area contributed by atoms with Gasteiger partial charge >= 0.3 is 6.18 Å². The zero-order valence-corrected chi connectivity index (χ0v) is 17.3. The summed E-state index contributed by atoms with van der Waals surface area (Å²) >= 11 is 0. The Bertz CT molecular complexity index is 354. The van der Waals surface area contributed by atoms with Crippen molar-refractivity contribution in [2.75, 3.05) is 39.3 Å². The maximum atomic E-state index is 12.2. The Balaban J connectivity index is 0.00000529. The molecule has 24 heavy (non-hydrogen) atoms. The van der Waals surface area contributed by atoms with Gasteiger partial charge in [0.15, 0.2) is 5.96 Å². The molecule has 0 amide bonds. The molecule has 144 valence electrons. The average molecular weight is 464 g/mol. The van der Waals surface area contributed by atoms with Gasteiger partial charge in [-0.05, 0) is 38.1 Å². The summed E-state index contributed by atoms with van der Waals surface area (Å²) in [5, 5.41) is 5.71. The molecule has 2 N–H and O–H groups in total. The highest BCUT2D eigenvalue weighted by Gasteiger charge is 2.26. The first kappa shape index (κ1) is 23.8. The van der Waals surface area contributed by atoms with Gasteiger partial charge in [0.25, 0.3) is 0 Å². The third kappa shape index (κ3) is 11.3. The van der Waals surface area contributed by atoms with E-state index in [1.165, 1.54) is 6.42 Å². The van der Waals surface area contributed by atoms with E-state index in [1.807, 2.05) is 6.92 Å². The van der Waals surface area contributed by atoms with E-state index >= 15 is 0 Å². The van der Waals surface area contributed by atoms with Crippen molar-refractivity contribution in [3.05, 3.63) is 0 Å². The largest absolute Gasteiger partial charge is 0.390 e. The number of aliphatic imine (C=N–C) groups is 1. The van der Waals surface area contributed by atoms with Gasteiger partial charge in [-0.2, -0.15) is 13.2 Å². The second kappa shape index (κ2) is 12.2. The molecule has 1 rings (SSSR count). The number of piperidine rings is 1. The number of nitrogens with zero attached hydrogens (tertiary/aromatic N) is 2.